The van der Waals surface area contributed by atoms with Gasteiger partial charge in [-0.1, -0.05) is 18.2 Å². The lowest BCUT2D eigenvalue weighted by Crippen LogP contribution is -2.39. The molecule has 1 unspecified atom stereocenters. The van der Waals surface area contributed by atoms with E-state index in [4.69, 9.17) is 4.74 Å². The van der Waals surface area contributed by atoms with Crippen LogP contribution in [0, 0.1) is 5.92 Å². The Morgan fingerprint density at radius 1 is 1.41 bits per heavy atom. The molecule has 1 atom stereocenters. The third-order valence-corrected chi connectivity index (χ3v) is 3.41. The first-order valence-corrected chi connectivity index (χ1v) is 6.12. The van der Waals surface area contributed by atoms with Crippen LogP contribution in [-0.2, 0) is 4.79 Å². The van der Waals surface area contributed by atoms with E-state index >= 15 is 0 Å². The normalized spacial score (nSPS) is 16.4. The van der Waals surface area contributed by atoms with Crippen molar-refractivity contribution in [2.75, 3.05) is 13.7 Å². The lowest BCUT2D eigenvalue weighted by molar-refractivity contribution is -0.134. The number of benzene rings is 1. The fourth-order valence-corrected chi connectivity index (χ4v) is 1.89. The predicted octanol–water partition coefficient (Wildman–Crippen LogP) is 2.32. The van der Waals surface area contributed by atoms with Gasteiger partial charge in [0, 0.05) is 13.1 Å². The maximum absolute atomic E-state index is 11.9. The molecule has 1 fully saturated rings. The molecule has 0 bridgehead atoms. The molecule has 1 aliphatic rings. The Hall–Kier alpha value is -1.51. The van der Waals surface area contributed by atoms with Gasteiger partial charge in [0.2, 0.25) is 0 Å². The maximum atomic E-state index is 11.9. The van der Waals surface area contributed by atoms with Gasteiger partial charge in [0.25, 0.3) is 5.91 Å². The molecule has 0 aromatic heterocycles. The van der Waals surface area contributed by atoms with E-state index in [1.807, 2.05) is 37.4 Å². The first-order chi connectivity index (χ1) is 8.18. The van der Waals surface area contributed by atoms with E-state index in [1.165, 1.54) is 12.8 Å². The van der Waals surface area contributed by atoms with Crippen molar-refractivity contribution in [2.45, 2.75) is 25.8 Å². The predicted molar refractivity (Wildman–Crippen MR) is 66.9 cm³/mol. The van der Waals surface area contributed by atoms with Crippen molar-refractivity contribution in [3.63, 3.8) is 0 Å². The standard InChI is InChI=1S/C14H19NO2/c1-11(12-8-9-12)15(2)14(16)10-17-13-6-4-3-5-7-13/h3-7,11-12H,8-10H2,1-2H3. The minimum Gasteiger partial charge on any atom is -0.484 e. The van der Waals surface area contributed by atoms with Gasteiger partial charge < -0.3 is 9.64 Å². The van der Waals surface area contributed by atoms with Gasteiger partial charge in [0.15, 0.2) is 6.61 Å². The summed E-state index contributed by atoms with van der Waals surface area (Å²) in [7, 11) is 1.86. The van der Waals surface area contributed by atoms with E-state index in [2.05, 4.69) is 6.92 Å². The molecule has 0 N–H and O–H groups in total. The number of amides is 1. The van der Waals surface area contributed by atoms with E-state index in [9.17, 15) is 4.79 Å². The summed E-state index contributed by atoms with van der Waals surface area (Å²) in [5.41, 5.74) is 0. The van der Waals surface area contributed by atoms with Crippen LogP contribution >= 0.6 is 0 Å². The maximum Gasteiger partial charge on any atom is 0.260 e. The van der Waals surface area contributed by atoms with Gasteiger partial charge >= 0.3 is 0 Å². The van der Waals surface area contributed by atoms with Gasteiger partial charge in [-0.05, 0) is 37.8 Å². The molecule has 1 saturated carbocycles. The minimum absolute atomic E-state index is 0.0493. The summed E-state index contributed by atoms with van der Waals surface area (Å²) in [5.74, 6) is 1.49. The molecule has 3 heteroatoms. The Labute approximate surface area is 102 Å². The fraction of sp³-hybridized carbons (Fsp3) is 0.500. The minimum atomic E-state index is 0.0493. The summed E-state index contributed by atoms with van der Waals surface area (Å²) >= 11 is 0. The number of carbonyl (C=O) groups is 1. The van der Waals surface area contributed by atoms with Crippen molar-refractivity contribution in [3.05, 3.63) is 30.3 Å². The van der Waals surface area contributed by atoms with E-state index in [0.717, 1.165) is 5.75 Å². The molecular formula is C14H19NO2. The number of ether oxygens (including phenoxy) is 1. The second-order valence-electron chi connectivity index (χ2n) is 4.68. The number of rotatable bonds is 5. The average molecular weight is 233 g/mol. The number of hydrogen-bond donors (Lipinski definition) is 0. The van der Waals surface area contributed by atoms with Gasteiger partial charge in [0.05, 0.1) is 0 Å². The summed E-state index contributed by atoms with van der Waals surface area (Å²) in [6.07, 6.45) is 2.50. The molecule has 1 aromatic rings. The molecule has 0 radical (unpaired) electrons. The first kappa shape index (κ1) is 12.0. The Bertz CT molecular complexity index is 373. The molecule has 0 spiro atoms. The van der Waals surface area contributed by atoms with Crippen LogP contribution in [0.25, 0.3) is 0 Å². The van der Waals surface area contributed by atoms with Crippen molar-refractivity contribution in [2.24, 2.45) is 5.92 Å². The topological polar surface area (TPSA) is 29.5 Å². The van der Waals surface area contributed by atoms with Crippen LogP contribution in [-0.4, -0.2) is 30.5 Å². The fourth-order valence-electron chi connectivity index (χ4n) is 1.89. The van der Waals surface area contributed by atoms with Gasteiger partial charge in [-0.15, -0.1) is 0 Å². The van der Waals surface area contributed by atoms with Gasteiger partial charge in [-0.3, -0.25) is 4.79 Å². The zero-order valence-corrected chi connectivity index (χ0v) is 10.4. The highest BCUT2D eigenvalue weighted by Gasteiger charge is 2.32. The van der Waals surface area contributed by atoms with E-state index < -0.39 is 0 Å². The monoisotopic (exact) mass is 233 g/mol. The highest BCUT2D eigenvalue weighted by atomic mass is 16.5. The Kier molecular flexibility index (Phi) is 3.67. The van der Waals surface area contributed by atoms with Crippen LogP contribution in [0.1, 0.15) is 19.8 Å². The van der Waals surface area contributed by atoms with Gasteiger partial charge in [0.1, 0.15) is 5.75 Å². The average Bonchev–Trinajstić information content (AvgIpc) is 3.19. The lowest BCUT2D eigenvalue weighted by atomic mass is 10.2. The molecule has 1 aromatic carbocycles. The van der Waals surface area contributed by atoms with E-state index in [1.54, 1.807) is 4.90 Å². The van der Waals surface area contributed by atoms with Crippen molar-refractivity contribution in [1.82, 2.24) is 4.90 Å². The quantitative estimate of drug-likeness (QED) is 0.781. The molecule has 3 nitrogen and oxygen atoms in total. The summed E-state index contributed by atoms with van der Waals surface area (Å²) in [5, 5.41) is 0. The Morgan fingerprint density at radius 2 is 2.06 bits per heavy atom. The third-order valence-electron chi connectivity index (χ3n) is 3.41. The van der Waals surface area contributed by atoms with Crippen LogP contribution in [0.4, 0.5) is 0 Å². The largest absolute Gasteiger partial charge is 0.484 e. The molecule has 0 heterocycles. The van der Waals surface area contributed by atoms with Crippen LogP contribution in [0.5, 0.6) is 5.75 Å². The summed E-state index contributed by atoms with van der Waals surface area (Å²) in [6.45, 7) is 2.23. The molecule has 0 saturated heterocycles. The Morgan fingerprint density at radius 3 is 2.65 bits per heavy atom. The highest BCUT2D eigenvalue weighted by Crippen LogP contribution is 2.34. The zero-order valence-electron chi connectivity index (χ0n) is 10.4. The molecular weight excluding hydrogens is 214 g/mol. The van der Waals surface area contributed by atoms with Crippen molar-refractivity contribution >= 4 is 5.91 Å². The van der Waals surface area contributed by atoms with Crippen LogP contribution in [0.15, 0.2) is 30.3 Å². The van der Waals surface area contributed by atoms with Crippen molar-refractivity contribution in [1.29, 1.82) is 0 Å². The van der Waals surface area contributed by atoms with Crippen molar-refractivity contribution in [3.8, 4) is 5.75 Å². The zero-order chi connectivity index (χ0) is 12.3. The van der Waals surface area contributed by atoms with Gasteiger partial charge in [-0.25, -0.2) is 0 Å². The van der Waals surface area contributed by atoms with Crippen LogP contribution < -0.4 is 4.74 Å². The second kappa shape index (κ2) is 5.21. The molecule has 2 rings (SSSR count). The molecule has 92 valence electrons. The van der Waals surface area contributed by atoms with E-state index in [-0.39, 0.29) is 12.5 Å². The lowest BCUT2D eigenvalue weighted by Gasteiger charge is -2.24. The number of para-hydroxylation sites is 1. The first-order valence-electron chi connectivity index (χ1n) is 6.12. The SMILES string of the molecule is CC(C1CC1)N(C)C(=O)COc1ccccc1. The van der Waals surface area contributed by atoms with Crippen LogP contribution in [0.3, 0.4) is 0 Å². The molecule has 17 heavy (non-hydrogen) atoms. The molecule has 1 amide bonds. The van der Waals surface area contributed by atoms with Crippen molar-refractivity contribution < 1.29 is 9.53 Å². The smallest absolute Gasteiger partial charge is 0.260 e. The number of likely N-dealkylation sites (N-methyl/N-ethyl adjacent to an activating group) is 1. The number of hydrogen-bond acceptors (Lipinski definition) is 2. The summed E-state index contributed by atoms with van der Waals surface area (Å²) in [6, 6.07) is 9.78. The second-order valence-corrected chi connectivity index (χ2v) is 4.68. The Balaban J connectivity index is 1.80. The van der Waals surface area contributed by atoms with Gasteiger partial charge in [-0.2, -0.15) is 0 Å². The highest BCUT2D eigenvalue weighted by molar-refractivity contribution is 5.77. The summed E-state index contributed by atoms with van der Waals surface area (Å²) in [4.78, 5) is 13.7. The summed E-state index contributed by atoms with van der Waals surface area (Å²) < 4.78 is 5.45. The molecule has 1 aliphatic carbocycles. The van der Waals surface area contributed by atoms with E-state index in [0.29, 0.717) is 12.0 Å². The third kappa shape index (κ3) is 3.22. The molecule has 0 aliphatic heterocycles. The number of carbonyl (C=O) groups excluding carboxylic acids is 1. The number of nitrogens with zero attached hydrogens (tertiary/aromatic N) is 1. The van der Waals surface area contributed by atoms with Crippen LogP contribution in [0.2, 0.25) is 0 Å².